The Labute approximate surface area is 126 Å². The van der Waals surface area contributed by atoms with Gasteiger partial charge < -0.3 is 10.2 Å². The van der Waals surface area contributed by atoms with Crippen LogP contribution in [0.3, 0.4) is 0 Å². The number of aliphatic hydroxyl groups excluding tert-OH is 2. The van der Waals surface area contributed by atoms with Crippen LogP contribution in [0.15, 0.2) is 12.2 Å². The van der Waals surface area contributed by atoms with Crippen LogP contribution in [0.2, 0.25) is 0 Å². The molecule has 120 valence electrons. The summed E-state index contributed by atoms with van der Waals surface area (Å²) in [6.07, 6.45) is 22.0. The van der Waals surface area contributed by atoms with E-state index in [-0.39, 0.29) is 0 Å². The Bertz CT molecular complexity index is 170. The van der Waals surface area contributed by atoms with Crippen LogP contribution in [-0.4, -0.2) is 23.4 Å². The average molecular weight is 284 g/mol. The van der Waals surface area contributed by atoms with Crippen LogP contribution in [0, 0.1) is 0 Å². The molecule has 0 saturated carbocycles. The Balaban J connectivity index is 3.01. The number of hydrogen-bond acceptors (Lipinski definition) is 2. The highest BCUT2D eigenvalue weighted by Crippen LogP contribution is 2.09. The molecule has 0 spiro atoms. The van der Waals surface area contributed by atoms with Crippen LogP contribution in [0.25, 0.3) is 0 Å². The summed E-state index contributed by atoms with van der Waals surface area (Å²) >= 11 is 0. The highest BCUT2D eigenvalue weighted by molar-refractivity contribution is 4.81. The van der Waals surface area contributed by atoms with Crippen molar-refractivity contribution in [1.82, 2.24) is 0 Å². The Morgan fingerprint density at radius 3 is 1.05 bits per heavy atom. The van der Waals surface area contributed by atoms with E-state index in [2.05, 4.69) is 12.2 Å². The Morgan fingerprint density at radius 2 is 0.700 bits per heavy atom. The predicted molar refractivity (Wildman–Crippen MR) is 87.9 cm³/mol. The minimum absolute atomic E-state index is 0.351. The number of rotatable bonds is 16. The maximum Gasteiger partial charge on any atom is 0.0431 e. The van der Waals surface area contributed by atoms with Crippen molar-refractivity contribution in [1.29, 1.82) is 0 Å². The van der Waals surface area contributed by atoms with Gasteiger partial charge in [-0.25, -0.2) is 0 Å². The van der Waals surface area contributed by atoms with Gasteiger partial charge in [0, 0.05) is 13.2 Å². The van der Waals surface area contributed by atoms with Crippen LogP contribution in [-0.2, 0) is 0 Å². The molecule has 0 aliphatic carbocycles. The molecule has 0 aliphatic heterocycles. The molecule has 0 unspecified atom stereocenters. The van der Waals surface area contributed by atoms with Gasteiger partial charge in [-0.15, -0.1) is 0 Å². The monoisotopic (exact) mass is 284 g/mol. The van der Waals surface area contributed by atoms with Gasteiger partial charge in [-0.3, -0.25) is 0 Å². The zero-order valence-electron chi connectivity index (χ0n) is 13.4. The molecule has 0 aromatic carbocycles. The van der Waals surface area contributed by atoms with Gasteiger partial charge in [-0.2, -0.15) is 0 Å². The van der Waals surface area contributed by atoms with E-state index in [0.717, 1.165) is 12.8 Å². The summed E-state index contributed by atoms with van der Waals surface area (Å²) < 4.78 is 0. The second kappa shape index (κ2) is 18.7. The van der Waals surface area contributed by atoms with E-state index < -0.39 is 0 Å². The van der Waals surface area contributed by atoms with Gasteiger partial charge in [0.2, 0.25) is 0 Å². The molecule has 0 aromatic rings. The molecule has 0 saturated heterocycles. The van der Waals surface area contributed by atoms with Crippen LogP contribution in [0.5, 0.6) is 0 Å². The fourth-order valence-electron chi connectivity index (χ4n) is 2.40. The zero-order valence-corrected chi connectivity index (χ0v) is 13.4. The number of aliphatic hydroxyl groups is 2. The van der Waals surface area contributed by atoms with E-state index >= 15 is 0 Å². The summed E-state index contributed by atoms with van der Waals surface area (Å²) in [7, 11) is 0. The molecule has 0 bridgehead atoms. The fraction of sp³-hybridized carbons (Fsp3) is 0.889. The first kappa shape index (κ1) is 19.7. The van der Waals surface area contributed by atoms with Crippen LogP contribution in [0.4, 0.5) is 0 Å². The van der Waals surface area contributed by atoms with Gasteiger partial charge in [0.05, 0.1) is 0 Å². The molecule has 0 aliphatic rings. The van der Waals surface area contributed by atoms with Crippen molar-refractivity contribution in [2.45, 2.75) is 89.9 Å². The maximum atomic E-state index is 8.66. The van der Waals surface area contributed by atoms with Gasteiger partial charge in [0.15, 0.2) is 0 Å². The lowest BCUT2D eigenvalue weighted by molar-refractivity contribution is 0.282. The molecule has 2 nitrogen and oxygen atoms in total. The maximum absolute atomic E-state index is 8.66. The Hall–Kier alpha value is -0.340. The van der Waals surface area contributed by atoms with Gasteiger partial charge in [-0.1, -0.05) is 63.5 Å². The van der Waals surface area contributed by atoms with Crippen molar-refractivity contribution < 1.29 is 10.2 Å². The quantitative estimate of drug-likeness (QED) is 0.310. The SMILES string of the molecule is OCCCCCCCC/C=C\CCCCCCCCO. The van der Waals surface area contributed by atoms with Crippen molar-refractivity contribution in [2.75, 3.05) is 13.2 Å². The predicted octanol–water partition coefficient (Wildman–Crippen LogP) is 4.99. The zero-order chi connectivity index (χ0) is 14.7. The first-order valence-electron chi connectivity index (χ1n) is 8.78. The molecule has 0 radical (unpaired) electrons. The molecule has 2 N–H and O–H groups in total. The lowest BCUT2D eigenvalue weighted by Crippen LogP contribution is -1.84. The molecular weight excluding hydrogens is 248 g/mol. The van der Waals surface area contributed by atoms with Crippen molar-refractivity contribution in [2.24, 2.45) is 0 Å². The van der Waals surface area contributed by atoms with Gasteiger partial charge in [0.25, 0.3) is 0 Å². The third kappa shape index (κ3) is 17.7. The number of allylic oxidation sites excluding steroid dienone is 2. The summed E-state index contributed by atoms with van der Waals surface area (Å²) in [6, 6.07) is 0. The van der Waals surface area contributed by atoms with Crippen molar-refractivity contribution >= 4 is 0 Å². The normalized spacial score (nSPS) is 11.5. The van der Waals surface area contributed by atoms with Crippen molar-refractivity contribution in [3.63, 3.8) is 0 Å². The Kier molecular flexibility index (Phi) is 18.3. The number of unbranched alkanes of at least 4 members (excludes halogenated alkanes) is 12. The van der Waals surface area contributed by atoms with E-state index in [1.165, 1.54) is 77.0 Å². The third-order valence-corrected chi connectivity index (χ3v) is 3.72. The summed E-state index contributed by atoms with van der Waals surface area (Å²) in [4.78, 5) is 0. The molecule has 0 rings (SSSR count). The van der Waals surface area contributed by atoms with E-state index in [0.29, 0.717) is 13.2 Å². The minimum atomic E-state index is 0.351. The number of hydrogen-bond donors (Lipinski definition) is 2. The molecule has 20 heavy (non-hydrogen) atoms. The first-order chi connectivity index (χ1) is 9.91. The highest BCUT2D eigenvalue weighted by atomic mass is 16.3. The van der Waals surface area contributed by atoms with Gasteiger partial charge in [-0.05, 0) is 38.5 Å². The molecule has 0 aromatic heterocycles. The van der Waals surface area contributed by atoms with Crippen LogP contribution < -0.4 is 0 Å². The Morgan fingerprint density at radius 1 is 0.400 bits per heavy atom. The fourth-order valence-corrected chi connectivity index (χ4v) is 2.40. The van der Waals surface area contributed by atoms with Gasteiger partial charge >= 0.3 is 0 Å². The molecule has 0 amide bonds. The summed E-state index contributed by atoms with van der Waals surface area (Å²) in [5.41, 5.74) is 0. The lowest BCUT2D eigenvalue weighted by atomic mass is 10.1. The standard InChI is InChI=1S/C18H36O2/c19-17-15-13-11-9-7-5-3-1-2-4-6-8-10-12-14-16-18-20/h1-2,19-20H,3-18H2/b2-1-. The van der Waals surface area contributed by atoms with Crippen LogP contribution >= 0.6 is 0 Å². The average Bonchev–Trinajstić information content (AvgIpc) is 2.47. The second-order valence-electron chi connectivity index (χ2n) is 5.74. The molecular formula is C18H36O2. The van der Waals surface area contributed by atoms with E-state index in [4.69, 9.17) is 10.2 Å². The topological polar surface area (TPSA) is 40.5 Å². The summed E-state index contributed by atoms with van der Waals surface area (Å²) in [6.45, 7) is 0.703. The minimum Gasteiger partial charge on any atom is -0.396 e. The van der Waals surface area contributed by atoms with Gasteiger partial charge in [0.1, 0.15) is 0 Å². The van der Waals surface area contributed by atoms with E-state index in [1.807, 2.05) is 0 Å². The molecule has 0 atom stereocenters. The molecule has 0 fully saturated rings. The largest absolute Gasteiger partial charge is 0.396 e. The van der Waals surface area contributed by atoms with Crippen LogP contribution in [0.1, 0.15) is 89.9 Å². The second-order valence-corrected chi connectivity index (χ2v) is 5.74. The molecule has 2 heteroatoms. The summed E-state index contributed by atoms with van der Waals surface area (Å²) in [5, 5.41) is 17.3. The van der Waals surface area contributed by atoms with Crippen molar-refractivity contribution in [3.8, 4) is 0 Å². The third-order valence-electron chi connectivity index (χ3n) is 3.72. The van der Waals surface area contributed by atoms with E-state index in [1.54, 1.807) is 0 Å². The smallest absolute Gasteiger partial charge is 0.0431 e. The molecule has 0 heterocycles. The van der Waals surface area contributed by atoms with E-state index in [9.17, 15) is 0 Å². The first-order valence-corrected chi connectivity index (χ1v) is 8.78. The highest BCUT2D eigenvalue weighted by Gasteiger charge is 1.91. The summed E-state index contributed by atoms with van der Waals surface area (Å²) in [5.74, 6) is 0. The van der Waals surface area contributed by atoms with Crippen molar-refractivity contribution in [3.05, 3.63) is 12.2 Å². The lowest BCUT2D eigenvalue weighted by Gasteiger charge is -1.99.